The van der Waals surface area contributed by atoms with E-state index < -0.39 is 10.0 Å². The largest absolute Gasteiger partial charge is 0.345 e. The van der Waals surface area contributed by atoms with Gasteiger partial charge < -0.3 is 4.98 Å². The molecule has 3 aromatic rings. The van der Waals surface area contributed by atoms with Gasteiger partial charge in [-0.15, -0.1) is 11.3 Å². The molecule has 8 heteroatoms. The molecule has 0 aliphatic carbocycles. The van der Waals surface area contributed by atoms with E-state index in [2.05, 4.69) is 26.6 Å². The fourth-order valence-electron chi connectivity index (χ4n) is 2.09. The van der Waals surface area contributed by atoms with Crippen molar-refractivity contribution in [1.82, 2.24) is 19.7 Å². The van der Waals surface area contributed by atoms with E-state index in [9.17, 15) is 8.42 Å². The number of fused-ring (bicyclic) bond motifs is 1. The summed E-state index contributed by atoms with van der Waals surface area (Å²) in [6, 6.07) is 4.81. The monoisotopic (exact) mass is 336 g/mol. The minimum atomic E-state index is -3.56. The Morgan fingerprint density at radius 3 is 3.05 bits per heavy atom. The molecule has 0 atom stereocenters. The van der Waals surface area contributed by atoms with Gasteiger partial charge in [-0.3, -0.25) is 0 Å². The van der Waals surface area contributed by atoms with E-state index in [4.69, 9.17) is 0 Å². The summed E-state index contributed by atoms with van der Waals surface area (Å²) in [7, 11) is -3.56. The number of sulfonamides is 1. The highest BCUT2D eigenvalue weighted by molar-refractivity contribution is 7.89. The maximum absolute atomic E-state index is 12.3. The molecule has 3 rings (SSSR count). The Balaban J connectivity index is 1.74. The van der Waals surface area contributed by atoms with Gasteiger partial charge in [0.1, 0.15) is 0 Å². The van der Waals surface area contributed by atoms with E-state index in [1.54, 1.807) is 35.9 Å². The van der Waals surface area contributed by atoms with Gasteiger partial charge >= 0.3 is 0 Å². The minimum absolute atomic E-state index is 0.198. The number of hydrogen-bond acceptors (Lipinski definition) is 5. The lowest BCUT2D eigenvalue weighted by atomic mass is 10.3. The van der Waals surface area contributed by atoms with E-state index >= 15 is 0 Å². The molecular formula is C14H16N4O2S2. The minimum Gasteiger partial charge on any atom is -0.345 e. The summed E-state index contributed by atoms with van der Waals surface area (Å²) >= 11 is 1.56. The molecule has 0 unspecified atom stereocenters. The number of nitrogens with zero attached hydrogens (tertiary/aromatic N) is 2. The van der Waals surface area contributed by atoms with Crippen molar-refractivity contribution in [1.29, 1.82) is 0 Å². The van der Waals surface area contributed by atoms with Gasteiger partial charge in [-0.05, 0) is 31.0 Å². The smallest absolute Gasteiger partial charge is 0.241 e. The molecule has 116 valence electrons. The molecule has 0 aliphatic heterocycles. The zero-order valence-electron chi connectivity index (χ0n) is 12.0. The standard InChI is InChI=1S/C14H16N4O2S2/c1-2-3-14-18-10(8-21-14)7-17-22(19,20)11-4-5-12-13(6-11)16-9-15-12/h4-6,8-9,17H,2-3,7H2,1H3,(H,15,16). The van der Waals surface area contributed by atoms with Gasteiger partial charge in [0, 0.05) is 5.38 Å². The fraction of sp³-hybridized carbons (Fsp3) is 0.286. The summed E-state index contributed by atoms with van der Waals surface area (Å²) in [5.41, 5.74) is 2.18. The Kier molecular flexibility index (Phi) is 4.23. The van der Waals surface area contributed by atoms with Crippen molar-refractivity contribution in [3.05, 3.63) is 40.6 Å². The van der Waals surface area contributed by atoms with Gasteiger partial charge in [0.15, 0.2) is 0 Å². The third-order valence-electron chi connectivity index (χ3n) is 3.21. The first-order chi connectivity index (χ1) is 10.6. The van der Waals surface area contributed by atoms with Crippen LogP contribution in [0.3, 0.4) is 0 Å². The lowest BCUT2D eigenvalue weighted by Gasteiger charge is -2.05. The number of hydrogen-bond donors (Lipinski definition) is 2. The Labute approximate surface area is 132 Å². The molecule has 0 radical (unpaired) electrons. The highest BCUT2D eigenvalue weighted by Crippen LogP contribution is 2.17. The van der Waals surface area contributed by atoms with E-state index in [0.29, 0.717) is 5.52 Å². The lowest BCUT2D eigenvalue weighted by Crippen LogP contribution is -2.23. The Hall–Kier alpha value is -1.77. The van der Waals surface area contributed by atoms with Crippen LogP contribution in [0.4, 0.5) is 0 Å². The first-order valence-electron chi connectivity index (χ1n) is 6.94. The molecule has 2 N–H and O–H groups in total. The molecule has 2 aromatic heterocycles. The van der Waals surface area contributed by atoms with Gasteiger partial charge in [0.05, 0.1) is 39.5 Å². The highest BCUT2D eigenvalue weighted by Gasteiger charge is 2.15. The fourth-order valence-corrected chi connectivity index (χ4v) is 4.02. The van der Waals surface area contributed by atoms with E-state index in [1.165, 1.54) is 0 Å². The molecule has 0 amide bonds. The van der Waals surface area contributed by atoms with Crippen LogP contribution in [0.1, 0.15) is 24.0 Å². The topological polar surface area (TPSA) is 87.7 Å². The number of nitrogens with one attached hydrogen (secondary N) is 2. The summed E-state index contributed by atoms with van der Waals surface area (Å²) in [5, 5.41) is 2.93. The zero-order chi connectivity index (χ0) is 15.6. The van der Waals surface area contributed by atoms with Gasteiger partial charge in [0.25, 0.3) is 0 Å². The number of aromatic nitrogens is 3. The van der Waals surface area contributed by atoms with Gasteiger partial charge in [-0.1, -0.05) is 6.92 Å². The Morgan fingerprint density at radius 2 is 2.23 bits per heavy atom. The second kappa shape index (κ2) is 6.15. The highest BCUT2D eigenvalue weighted by atomic mass is 32.2. The number of imidazole rings is 1. The van der Waals surface area contributed by atoms with Crippen LogP contribution in [0.2, 0.25) is 0 Å². The van der Waals surface area contributed by atoms with Gasteiger partial charge in [-0.2, -0.15) is 0 Å². The maximum Gasteiger partial charge on any atom is 0.241 e. The van der Waals surface area contributed by atoms with Crippen molar-refractivity contribution < 1.29 is 8.42 Å². The van der Waals surface area contributed by atoms with Crippen LogP contribution < -0.4 is 4.72 Å². The van der Waals surface area contributed by atoms with Crippen molar-refractivity contribution in [2.24, 2.45) is 0 Å². The van der Waals surface area contributed by atoms with Crippen LogP contribution in [0.25, 0.3) is 11.0 Å². The molecule has 2 heterocycles. The normalized spacial score (nSPS) is 12.0. The maximum atomic E-state index is 12.3. The molecule has 22 heavy (non-hydrogen) atoms. The summed E-state index contributed by atoms with van der Waals surface area (Å²) in [6.45, 7) is 2.29. The molecule has 0 saturated carbocycles. The summed E-state index contributed by atoms with van der Waals surface area (Å²) in [4.78, 5) is 11.6. The first kappa shape index (κ1) is 15.1. The van der Waals surface area contributed by atoms with Crippen molar-refractivity contribution >= 4 is 32.4 Å². The van der Waals surface area contributed by atoms with E-state index in [0.717, 1.165) is 29.1 Å². The van der Waals surface area contributed by atoms with Gasteiger partial charge in [0.2, 0.25) is 10.0 Å². The summed E-state index contributed by atoms with van der Waals surface area (Å²) in [6.07, 6.45) is 3.50. The number of H-pyrrole nitrogens is 1. The number of aryl methyl sites for hydroxylation is 1. The second-order valence-corrected chi connectivity index (χ2v) is 7.60. The number of thiazole rings is 1. The van der Waals surface area contributed by atoms with E-state index in [1.807, 2.05) is 5.38 Å². The quantitative estimate of drug-likeness (QED) is 0.724. The van der Waals surface area contributed by atoms with E-state index in [-0.39, 0.29) is 11.4 Å². The Morgan fingerprint density at radius 1 is 1.36 bits per heavy atom. The van der Waals surface area contributed by atoms with Crippen molar-refractivity contribution in [2.45, 2.75) is 31.2 Å². The SMILES string of the molecule is CCCc1nc(CNS(=O)(=O)c2ccc3nc[nH]c3c2)cs1. The van der Waals surface area contributed by atoms with Crippen molar-refractivity contribution in [3.63, 3.8) is 0 Å². The van der Waals surface area contributed by atoms with Crippen molar-refractivity contribution in [2.75, 3.05) is 0 Å². The molecule has 6 nitrogen and oxygen atoms in total. The van der Waals surface area contributed by atoms with Crippen LogP contribution in [-0.2, 0) is 23.0 Å². The van der Waals surface area contributed by atoms with Crippen LogP contribution in [0.15, 0.2) is 34.8 Å². The molecule has 0 bridgehead atoms. The van der Waals surface area contributed by atoms with Gasteiger partial charge in [-0.25, -0.2) is 23.1 Å². The predicted molar refractivity (Wildman–Crippen MR) is 86.2 cm³/mol. The predicted octanol–water partition coefficient (Wildman–Crippen LogP) is 2.45. The second-order valence-electron chi connectivity index (χ2n) is 4.89. The molecule has 0 spiro atoms. The first-order valence-corrected chi connectivity index (χ1v) is 9.31. The summed E-state index contributed by atoms with van der Waals surface area (Å²) < 4.78 is 27.3. The van der Waals surface area contributed by atoms with Crippen LogP contribution >= 0.6 is 11.3 Å². The Bertz CT molecular complexity index is 883. The number of rotatable bonds is 6. The summed E-state index contributed by atoms with van der Waals surface area (Å²) in [5.74, 6) is 0. The molecule has 0 aliphatic rings. The van der Waals surface area contributed by atoms with Crippen LogP contribution in [0.5, 0.6) is 0 Å². The molecule has 0 saturated heterocycles. The molecular weight excluding hydrogens is 320 g/mol. The number of aromatic amines is 1. The van der Waals surface area contributed by atoms with Crippen LogP contribution in [-0.4, -0.2) is 23.4 Å². The average Bonchev–Trinajstić information content (AvgIpc) is 3.13. The van der Waals surface area contributed by atoms with Crippen molar-refractivity contribution in [3.8, 4) is 0 Å². The third kappa shape index (κ3) is 3.18. The van der Waals surface area contributed by atoms with Crippen LogP contribution in [0, 0.1) is 0 Å². The lowest BCUT2D eigenvalue weighted by molar-refractivity contribution is 0.580. The average molecular weight is 336 g/mol. The third-order valence-corrected chi connectivity index (χ3v) is 5.56. The molecule has 1 aromatic carbocycles. The molecule has 0 fully saturated rings. The zero-order valence-corrected chi connectivity index (χ0v) is 13.7. The number of benzene rings is 1.